The Morgan fingerprint density at radius 3 is 2.73 bits per heavy atom. The Morgan fingerprint density at radius 1 is 1.27 bits per heavy atom. The SMILES string of the molecule is CSc1nnnn1-c1ccc(C)cc1C. The van der Waals surface area contributed by atoms with Gasteiger partial charge < -0.3 is 0 Å². The Balaban J connectivity index is 2.54. The van der Waals surface area contributed by atoms with E-state index in [1.165, 1.54) is 22.9 Å². The molecule has 0 radical (unpaired) electrons. The van der Waals surface area contributed by atoms with Crippen LogP contribution in [-0.2, 0) is 0 Å². The molecule has 0 aliphatic rings. The van der Waals surface area contributed by atoms with Gasteiger partial charge in [0.2, 0.25) is 5.16 Å². The van der Waals surface area contributed by atoms with Gasteiger partial charge >= 0.3 is 0 Å². The molecule has 2 aromatic rings. The third kappa shape index (κ3) is 1.87. The summed E-state index contributed by atoms with van der Waals surface area (Å²) in [5.74, 6) is 0. The second-order valence-corrected chi connectivity index (χ2v) is 4.14. The van der Waals surface area contributed by atoms with Gasteiger partial charge in [0.05, 0.1) is 5.69 Å². The second kappa shape index (κ2) is 4.02. The number of hydrogen-bond acceptors (Lipinski definition) is 4. The van der Waals surface area contributed by atoms with E-state index in [4.69, 9.17) is 0 Å². The minimum atomic E-state index is 0.807. The van der Waals surface area contributed by atoms with Crippen molar-refractivity contribution in [2.75, 3.05) is 6.26 Å². The van der Waals surface area contributed by atoms with Crippen molar-refractivity contribution in [1.82, 2.24) is 20.2 Å². The van der Waals surface area contributed by atoms with Crippen molar-refractivity contribution < 1.29 is 0 Å². The lowest BCUT2D eigenvalue weighted by Crippen LogP contribution is -2.01. The van der Waals surface area contributed by atoms with Crippen LogP contribution in [0.5, 0.6) is 0 Å². The van der Waals surface area contributed by atoms with Gasteiger partial charge in [0.1, 0.15) is 0 Å². The molecule has 2 rings (SSSR count). The van der Waals surface area contributed by atoms with Crippen molar-refractivity contribution >= 4 is 11.8 Å². The molecule has 1 heterocycles. The first-order valence-electron chi connectivity index (χ1n) is 4.62. The topological polar surface area (TPSA) is 43.6 Å². The predicted molar refractivity (Wildman–Crippen MR) is 60.4 cm³/mol. The van der Waals surface area contributed by atoms with Crippen LogP contribution in [0.15, 0.2) is 23.4 Å². The van der Waals surface area contributed by atoms with Gasteiger partial charge in [-0.3, -0.25) is 0 Å². The summed E-state index contributed by atoms with van der Waals surface area (Å²) in [6, 6.07) is 6.23. The minimum Gasteiger partial charge on any atom is -0.187 e. The van der Waals surface area contributed by atoms with Crippen molar-refractivity contribution in [3.8, 4) is 5.69 Å². The predicted octanol–water partition coefficient (Wildman–Crippen LogP) is 2.00. The molecule has 0 N–H and O–H groups in total. The monoisotopic (exact) mass is 220 g/mol. The number of nitrogens with zero attached hydrogens (tertiary/aromatic N) is 4. The Labute approximate surface area is 92.7 Å². The summed E-state index contributed by atoms with van der Waals surface area (Å²) < 4.78 is 1.76. The zero-order valence-electron chi connectivity index (χ0n) is 8.93. The average Bonchev–Trinajstić information content (AvgIpc) is 2.65. The van der Waals surface area contributed by atoms with E-state index in [1.54, 1.807) is 4.68 Å². The van der Waals surface area contributed by atoms with Crippen LogP contribution in [0.1, 0.15) is 11.1 Å². The summed E-state index contributed by atoms with van der Waals surface area (Å²) >= 11 is 1.54. The molecule has 5 heteroatoms. The highest BCUT2D eigenvalue weighted by atomic mass is 32.2. The fraction of sp³-hybridized carbons (Fsp3) is 0.300. The number of aryl methyl sites for hydroxylation is 2. The zero-order valence-corrected chi connectivity index (χ0v) is 9.75. The molecule has 0 unspecified atom stereocenters. The smallest absolute Gasteiger partial charge is 0.187 e. The third-order valence-electron chi connectivity index (χ3n) is 2.20. The number of thioether (sulfide) groups is 1. The van der Waals surface area contributed by atoms with Crippen LogP contribution in [-0.4, -0.2) is 26.5 Å². The number of aromatic nitrogens is 4. The summed E-state index contributed by atoms with van der Waals surface area (Å²) in [5, 5.41) is 12.4. The van der Waals surface area contributed by atoms with Crippen molar-refractivity contribution in [3.63, 3.8) is 0 Å². The molecule has 0 amide bonds. The number of rotatable bonds is 2. The molecular weight excluding hydrogens is 208 g/mol. The van der Waals surface area contributed by atoms with Crippen LogP contribution in [0.25, 0.3) is 5.69 Å². The number of tetrazole rings is 1. The van der Waals surface area contributed by atoms with Gasteiger partial charge in [-0.05, 0) is 42.2 Å². The molecular formula is C10H12N4S. The zero-order chi connectivity index (χ0) is 10.8. The molecule has 4 nitrogen and oxygen atoms in total. The molecule has 0 fully saturated rings. The quantitative estimate of drug-likeness (QED) is 0.726. The Hall–Kier alpha value is -1.36. The molecule has 1 aromatic heterocycles. The average molecular weight is 220 g/mol. The van der Waals surface area contributed by atoms with E-state index in [2.05, 4.69) is 41.5 Å². The summed E-state index contributed by atoms with van der Waals surface area (Å²) in [7, 11) is 0. The maximum absolute atomic E-state index is 3.98. The first-order valence-corrected chi connectivity index (χ1v) is 5.85. The maximum atomic E-state index is 3.98. The number of benzene rings is 1. The van der Waals surface area contributed by atoms with E-state index in [9.17, 15) is 0 Å². The molecule has 1 aromatic carbocycles. The van der Waals surface area contributed by atoms with Gasteiger partial charge in [-0.2, -0.15) is 4.68 Å². The molecule has 0 aliphatic carbocycles. The van der Waals surface area contributed by atoms with E-state index >= 15 is 0 Å². The highest BCUT2D eigenvalue weighted by Gasteiger charge is 2.08. The van der Waals surface area contributed by atoms with Gasteiger partial charge in [-0.25, -0.2) is 0 Å². The largest absolute Gasteiger partial charge is 0.213 e. The van der Waals surface area contributed by atoms with Crippen LogP contribution < -0.4 is 0 Å². The van der Waals surface area contributed by atoms with Crippen LogP contribution in [0.4, 0.5) is 0 Å². The molecule has 0 saturated carbocycles. The molecule has 0 atom stereocenters. The van der Waals surface area contributed by atoms with Crippen LogP contribution in [0.3, 0.4) is 0 Å². The van der Waals surface area contributed by atoms with E-state index in [0.717, 1.165) is 10.8 Å². The van der Waals surface area contributed by atoms with Gasteiger partial charge in [-0.15, -0.1) is 5.10 Å². The normalized spacial score (nSPS) is 10.6. The number of hydrogen-bond donors (Lipinski definition) is 0. The second-order valence-electron chi connectivity index (χ2n) is 3.37. The van der Waals surface area contributed by atoms with Crippen molar-refractivity contribution in [1.29, 1.82) is 0 Å². The van der Waals surface area contributed by atoms with Gasteiger partial charge in [-0.1, -0.05) is 29.5 Å². The third-order valence-corrected chi connectivity index (χ3v) is 2.82. The van der Waals surface area contributed by atoms with Crippen molar-refractivity contribution in [2.24, 2.45) is 0 Å². The van der Waals surface area contributed by atoms with Gasteiger partial charge in [0, 0.05) is 0 Å². The van der Waals surface area contributed by atoms with E-state index in [0.29, 0.717) is 0 Å². The van der Waals surface area contributed by atoms with Crippen LogP contribution in [0.2, 0.25) is 0 Å². The summed E-state index contributed by atoms with van der Waals surface area (Å²) in [6.07, 6.45) is 1.96. The molecule has 15 heavy (non-hydrogen) atoms. The van der Waals surface area contributed by atoms with Gasteiger partial charge in [0.25, 0.3) is 0 Å². The summed E-state index contributed by atoms with van der Waals surface area (Å²) in [4.78, 5) is 0. The molecule has 0 spiro atoms. The maximum Gasteiger partial charge on any atom is 0.213 e. The van der Waals surface area contributed by atoms with Crippen molar-refractivity contribution in [3.05, 3.63) is 29.3 Å². The van der Waals surface area contributed by atoms with E-state index < -0.39 is 0 Å². The summed E-state index contributed by atoms with van der Waals surface area (Å²) in [5.41, 5.74) is 3.46. The van der Waals surface area contributed by atoms with Crippen LogP contribution >= 0.6 is 11.8 Å². The Bertz CT molecular complexity index is 478. The fourth-order valence-corrected chi connectivity index (χ4v) is 1.93. The minimum absolute atomic E-state index is 0.807. The summed E-state index contributed by atoms with van der Waals surface area (Å²) in [6.45, 7) is 4.14. The lowest BCUT2D eigenvalue weighted by atomic mass is 10.1. The fourth-order valence-electron chi connectivity index (χ4n) is 1.50. The molecule has 78 valence electrons. The highest BCUT2D eigenvalue weighted by molar-refractivity contribution is 7.98. The van der Waals surface area contributed by atoms with Crippen molar-refractivity contribution in [2.45, 2.75) is 19.0 Å². The molecule has 0 aliphatic heterocycles. The molecule has 0 bridgehead atoms. The van der Waals surface area contributed by atoms with E-state index in [1.807, 2.05) is 12.3 Å². The Morgan fingerprint density at radius 2 is 2.07 bits per heavy atom. The van der Waals surface area contributed by atoms with Crippen LogP contribution in [0, 0.1) is 13.8 Å². The standard InChI is InChI=1S/C10H12N4S/c1-7-4-5-9(8(2)6-7)14-10(15-3)11-12-13-14/h4-6H,1-3H3. The first-order chi connectivity index (χ1) is 7.22. The molecule has 0 saturated heterocycles. The lowest BCUT2D eigenvalue weighted by molar-refractivity contribution is 0.752. The lowest BCUT2D eigenvalue weighted by Gasteiger charge is -2.06. The van der Waals surface area contributed by atoms with Gasteiger partial charge in [0.15, 0.2) is 0 Å². The van der Waals surface area contributed by atoms with E-state index in [-0.39, 0.29) is 0 Å². The first kappa shape index (κ1) is 10.2. The Kier molecular flexibility index (Phi) is 2.73. The highest BCUT2D eigenvalue weighted by Crippen LogP contribution is 2.19.